The molecule has 2 aliphatic rings. The van der Waals surface area contributed by atoms with E-state index in [4.69, 9.17) is 23.2 Å². The molecule has 0 aromatic heterocycles. The van der Waals surface area contributed by atoms with Crippen LogP contribution in [0.15, 0.2) is 18.2 Å². The third-order valence-electron chi connectivity index (χ3n) is 5.46. The number of hydrogen-bond acceptors (Lipinski definition) is 3. The molecule has 2 unspecified atom stereocenters. The van der Waals surface area contributed by atoms with Crippen molar-refractivity contribution in [3.63, 3.8) is 0 Å². The van der Waals surface area contributed by atoms with E-state index in [0.717, 1.165) is 30.6 Å². The maximum atomic E-state index is 13.0. The van der Waals surface area contributed by atoms with Crippen molar-refractivity contribution < 1.29 is 14.4 Å². The van der Waals surface area contributed by atoms with Crippen molar-refractivity contribution in [3.8, 4) is 0 Å². The summed E-state index contributed by atoms with van der Waals surface area (Å²) in [6.07, 6.45) is 3.86. The fourth-order valence-corrected chi connectivity index (χ4v) is 4.50. The molecule has 8 heteroatoms. The van der Waals surface area contributed by atoms with Gasteiger partial charge in [0.2, 0.25) is 5.91 Å². The Balaban J connectivity index is 1.80. The third kappa shape index (κ3) is 3.65. The Morgan fingerprint density at radius 1 is 1.30 bits per heavy atom. The van der Waals surface area contributed by atoms with Gasteiger partial charge >= 0.3 is 6.03 Å². The number of halogens is 2. The second kappa shape index (κ2) is 7.68. The largest absolute Gasteiger partial charge is 0.338 e. The second-order valence-electron chi connectivity index (χ2n) is 7.22. The van der Waals surface area contributed by atoms with Crippen LogP contribution in [-0.2, 0) is 15.1 Å². The highest BCUT2D eigenvalue weighted by Gasteiger charge is 2.50. The summed E-state index contributed by atoms with van der Waals surface area (Å²) in [5.41, 5.74) is -0.878. The average Bonchev–Trinajstić information content (AvgIpc) is 2.85. The highest BCUT2D eigenvalue weighted by atomic mass is 35.5. The van der Waals surface area contributed by atoms with E-state index in [9.17, 15) is 14.4 Å². The van der Waals surface area contributed by atoms with Gasteiger partial charge in [0.1, 0.15) is 12.1 Å². The average molecular weight is 412 g/mol. The Kier molecular flexibility index (Phi) is 5.68. The quantitative estimate of drug-likeness (QED) is 0.769. The maximum absolute atomic E-state index is 13.0. The topological polar surface area (TPSA) is 69.7 Å². The van der Waals surface area contributed by atoms with Gasteiger partial charge in [-0.2, -0.15) is 0 Å². The molecule has 0 bridgehead atoms. The number of nitrogens with one attached hydrogen (secondary N) is 1. The standard InChI is InChI=1S/C19H23Cl2N3O3/c1-3-13-6-4-5-9-23(13)16(25)11-24-17(26)19(2,22-18(24)27)14-8-7-12(20)10-15(14)21/h7-8,10,13H,3-6,9,11H2,1-2H3,(H,22,27). The summed E-state index contributed by atoms with van der Waals surface area (Å²) in [6, 6.07) is 4.33. The van der Waals surface area contributed by atoms with Crippen molar-refractivity contribution in [2.75, 3.05) is 13.1 Å². The van der Waals surface area contributed by atoms with E-state index < -0.39 is 17.5 Å². The number of likely N-dealkylation sites (tertiary alicyclic amines) is 1. The first-order valence-corrected chi connectivity index (χ1v) is 9.92. The van der Waals surface area contributed by atoms with Gasteiger partial charge in [-0.05, 0) is 44.7 Å². The van der Waals surface area contributed by atoms with E-state index in [2.05, 4.69) is 5.32 Å². The molecule has 146 valence electrons. The van der Waals surface area contributed by atoms with Gasteiger partial charge in [0.05, 0.1) is 0 Å². The van der Waals surface area contributed by atoms with Crippen LogP contribution < -0.4 is 5.32 Å². The predicted molar refractivity (Wildman–Crippen MR) is 104 cm³/mol. The van der Waals surface area contributed by atoms with E-state index in [-0.39, 0.29) is 23.5 Å². The highest BCUT2D eigenvalue weighted by molar-refractivity contribution is 6.35. The van der Waals surface area contributed by atoms with Crippen LogP contribution in [0.2, 0.25) is 10.0 Å². The van der Waals surface area contributed by atoms with Crippen molar-refractivity contribution in [2.24, 2.45) is 0 Å². The number of nitrogens with zero attached hydrogens (tertiary/aromatic N) is 2. The lowest BCUT2D eigenvalue weighted by Crippen LogP contribution is -2.49. The summed E-state index contributed by atoms with van der Waals surface area (Å²) in [5.74, 6) is -0.688. The first-order chi connectivity index (χ1) is 12.8. The van der Waals surface area contributed by atoms with Crippen LogP contribution in [0.4, 0.5) is 4.79 Å². The zero-order valence-electron chi connectivity index (χ0n) is 15.4. The zero-order chi connectivity index (χ0) is 19.8. The van der Waals surface area contributed by atoms with E-state index in [1.165, 1.54) is 6.07 Å². The van der Waals surface area contributed by atoms with E-state index in [0.29, 0.717) is 17.1 Å². The molecule has 0 radical (unpaired) electrons. The number of carbonyl (C=O) groups is 3. The van der Waals surface area contributed by atoms with Crippen molar-refractivity contribution in [1.29, 1.82) is 0 Å². The molecule has 1 aromatic rings. The number of carbonyl (C=O) groups excluding carboxylic acids is 3. The molecule has 1 N–H and O–H groups in total. The number of benzene rings is 1. The first kappa shape index (κ1) is 20.0. The maximum Gasteiger partial charge on any atom is 0.325 e. The van der Waals surface area contributed by atoms with Crippen LogP contribution in [-0.4, -0.2) is 46.8 Å². The summed E-state index contributed by atoms with van der Waals surface area (Å²) in [4.78, 5) is 41.1. The zero-order valence-corrected chi connectivity index (χ0v) is 16.9. The van der Waals surface area contributed by atoms with Crippen LogP contribution in [0, 0.1) is 0 Å². The summed E-state index contributed by atoms with van der Waals surface area (Å²) >= 11 is 12.2. The van der Waals surface area contributed by atoms with E-state index >= 15 is 0 Å². The van der Waals surface area contributed by atoms with Crippen molar-refractivity contribution in [2.45, 2.75) is 51.1 Å². The minimum absolute atomic E-state index is 0.170. The van der Waals surface area contributed by atoms with Crippen LogP contribution in [0.1, 0.15) is 45.1 Å². The lowest BCUT2D eigenvalue weighted by atomic mass is 9.92. The van der Waals surface area contributed by atoms with Crippen molar-refractivity contribution in [3.05, 3.63) is 33.8 Å². The fourth-order valence-electron chi connectivity index (χ4n) is 3.90. The summed E-state index contributed by atoms with van der Waals surface area (Å²) in [6.45, 7) is 4.04. The molecule has 2 heterocycles. The molecule has 0 aliphatic carbocycles. The van der Waals surface area contributed by atoms with Gasteiger partial charge in [-0.3, -0.25) is 14.5 Å². The van der Waals surface area contributed by atoms with Gasteiger partial charge in [0.15, 0.2) is 0 Å². The van der Waals surface area contributed by atoms with Crippen LogP contribution in [0.5, 0.6) is 0 Å². The lowest BCUT2D eigenvalue weighted by molar-refractivity contribution is -0.141. The molecular weight excluding hydrogens is 389 g/mol. The number of hydrogen-bond donors (Lipinski definition) is 1. The van der Waals surface area contributed by atoms with Gasteiger partial charge in [-0.15, -0.1) is 0 Å². The van der Waals surface area contributed by atoms with E-state index in [1.807, 2.05) is 6.92 Å². The molecule has 2 fully saturated rings. The molecule has 27 heavy (non-hydrogen) atoms. The molecule has 2 saturated heterocycles. The van der Waals surface area contributed by atoms with Gasteiger partial charge in [-0.25, -0.2) is 4.79 Å². The van der Waals surface area contributed by atoms with Crippen LogP contribution >= 0.6 is 23.2 Å². The summed E-state index contributed by atoms with van der Waals surface area (Å²) in [7, 11) is 0. The smallest absolute Gasteiger partial charge is 0.325 e. The minimum atomic E-state index is -1.33. The number of amides is 4. The fraction of sp³-hybridized carbons (Fsp3) is 0.526. The third-order valence-corrected chi connectivity index (χ3v) is 6.00. The highest BCUT2D eigenvalue weighted by Crippen LogP contribution is 2.35. The lowest BCUT2D eigenvalue weighted by Gasteiger charge is -2.36. The molecule has 1 aromatic carbocycles. The monoisotopic (exact) mass is 411 g/mol. The summed E-state index contributed by atoms with van der Waals surface area (Å²) < 4.78 is 0. The van der Waals surface area contributed by atoms with E-state index in [1.54, 1.807) is 24.0 Å². The second-order valence-corrected chi connectivity index (χ2v) is 8.06. The minimum Gasteiger partial charge on any atom is -0.338 e. The molecule has 0 saturated carbocycles. The Morgan fingerprint density at radius 3 is 2.70 bits per heavy atom. The first-order valence-electron chi connectivity index (χ1n) is 9.17. The molecule has 2 atom stereocenters. The molecule has 6 nitrogen and oxygen atoms in total. The Bertz CT molecular complexity index is 785. The Labute approximate surface area is 168 Å². The van der Waals surface area contributed by atoms with Crippen molar-refractivity contribution in [1.82, 2.24) is 15.1 Å². The number of imide groups is 1. The van der Waals surface area contributed by atoms with Gasteiger partial charge < -0.3 is 10.2 Å². The predicted octanol–water partition coefficient (Wildman–Crippen LogP) is 3.55. The Hall–Kier alpha value is -1.79. The molecule has 3 rings (SSSR count). The van der Waals surface area contributed by atoms with Crippen molar-refractivity contribution >= 4 is 41.0 Å². The van der Waals surface area contributed by atoms with Crippen LogP contribution in [0.3, 0.4) is 0 Å². The number of urea groups is 1. The SMILES string of the molecule is CCC1CCCCN1C(=O)CN1C(=O)NC(C)(c2ccc(Cl)cc2Cl)C1=O. The number of rotatable bonds is 4. The number of piperidine rings is 1. The Morgan fingerprint density at radius 2 is 2.04 bits per heavy atom. The molecule has 4 amide bonds. The molecule has 2 aliphatic heterocycles. The van der Waals surface area contributed by atoms with Gasteiger partial charge in [-0.1, -0.05) is 36.2 Å². The normalized spacial score (nSPS) is 25.7. The van der Waals surface area contributed by atoms with Crippen LogP contribution in [0.25, 0.3) is 0 Å². The molecule has 0 spiro atoms. The molecular formula is C19H23Cl2N3O3. The van der Waals surface area contributed by atoms with Gasteiger partial charge in [0, 0.05) is 28.2 Å². The summed E-state index contributed by atoms with van der Waals surface area (Å²) in [5, 5.41) is 3.40. The van der Waals surface area contributed by atoms with Gasteiger partial charge in [0.25, 0.3) is 5.91 Å².